The molecule has 180 valence electrons. The van der Waals surface area contributed by atoms with Gasteiger partial charge < -0.3 is 25.2 Å². The van der Waals surface area contributed by atoms with E-state index < -0.39 is 12.1 Å². The molecule has 8 nitrogen and oxygen atoms in total. The van der Waals surface area contributed by atoms with Crippen LogP contribution in [-0.4, -0.2) is 43.3 Å². The molecule has 35 heavy (non-hydrogen) atoms. The number of anilines is 1. The van der Waals surface area contributed by atoms with Gasteiger partial charge >= 0.3 is 12.1 Å². The van der Waals surface area contributed by atoms with Gasteiger partial charge in [-0.05, 0) is 40.8 Å². The van der Waals surface area contributed by atoms with Crippen LogP contribution >= 0.6 is 0 Å². The fourth-order valence-electron chi connectivity index (χ4n) is 4.26. The number of alkyl carbamates (subject to hydrolysis) is 1. The van der Waals surface area contributed by atoms with Crippen LogP contribution in [0.2, 0.25) is 0 Å². The van der Waals surface area contributed by atoms with Gasteiger partial charge in [-0.3, -0.25) is 4.79 Å². The summed E-state index contributed by atoms with van der Waals surface area (Å²) in [5, 5.41) is 14.5. The zero-order chi connectivity index (χ0) is 24.8. The van der Waals surface area contributed by atoms with Gasteiger partial charge in [0, 0.05) is 30.6 Å². The van der Waals surface area contributed by atoms with E-state index in [4.69, 9.17) is 14.6 Å². The van der Waals surface area contributed by atoms with Crippen molar-refractivity contribution < 1.29 is 29.0 Å². The number of benzene rings is 3. The van der Waals surface area contributed by atoms with E-state index in [0.717, 1.165) is 11.1 Å². The Morgan fingerprint density at radius 3 is 2.23 bits per heavy atom. The number of hydrogen-bond donors (Lipinski definition) is 3. The minimum atomic E-state index is -1.11. The molecule has 0 fully saturated rings. The standard InChI is InChI=1S/C27H26N2O6/c1-34-24-15-17(12-13-22(24)26(31)32)29-25(30)11-6-14-28-27(33)35-16-23-20-9-4-2-7-18(20)19-8-3-5-10-21(19)23/h2-5,7-10,12-13,15,23H,6,11,14,16H2,1H3,(H,28,33)(H,29,30)(H,31,32). The minimum absolute atomic E-state index is 0.0107. The second-order valence-electron chi connectivity index (χ2n) is 8.12. The van der Waals surface area contributed by atoms with Crippen molar-refractivity contribution in [2.24, 2.45) is 0 Å². The van der Waals surface area contributed by atoms with Gasteiger partial charge in [-0.25, -0.2) is 9.59 Å². The molecule has 0 aliphatic heterocycles. The van der Waals surface area contributed by atoms with Crippen molar-refractivity contribution in [3.05, 3.63) is 83.4 Å². The lowest BCUT2D eigenvalue weighted by atomic mass is 9.98. The smallest absolute Gasteiger partial charge is 0.407 e. The highest BCUT2D eigenvalue weighted by Crippen LogP contribution is 2.44. The predicted octanol–water partition coefficient (Wildman–Crippen LogP) is 4.65. The van der Waals surface area contributed by atoms with Crippen molar-refractivity contribution in [3.8, 4) is 16.9 Å². The molecule has 0 saturated heterocycles. The number of carboxylic acids is 1. The topological polar surface area (TPSA) is 114 Å². The van der Waals surface area contributed by atoms with Crippen LogP contribution in [0, 0.1) is 0 Å². The van der Waals surface area contributed by atoms with Crippen LogP contribution in [0.5, 0.6) is 5.75 Å². The first-order valence-corrected chi connectivity index (χ1v) is 11.3. The fourth-order valence-corrected chi connectivity index (χ4v) is 4.26. The van der Waals surface area contributed by atoms with Gasteiger partial charge in [-0.1, -0.05) is 48.5 Å². The molecule has 1 aliphatic rings. The van der Waals surface area contributed by atoms with Crippen molar-refractivity contribution in [3.63, 3.8) is 0 Å². The summed E-state index contributed by atoms with van der Waals surface area (Å²) in [5.41, 5.74) is 5.06. The molecule has 2 amide bonds. The highest BCUT2D eigenvalue weighted by molar-refractivity contribution is 5.94. The van der Waals surface area contributed by atoms with E-state index in [1.807, 2.05) is 24.3 Å². The molecule has 3 N–H and O–H groups in total. The van der Waals surface area contributed by atoms with Crippen molar-refractivity contribution >= 4 is 23.7 Å². The summed E-state index contributed by atoms with van der Waals surface area (Å²) < 4.78 is 10.5. The summed E-state index contributed by atoms with van der Waals surface area (Å²) in [7, 11) is 1.36. The molecule has 0 unspecified atom stereocenters. The van der Waals surface area contributed by atoms with E-state index in [-0.39, 0.29) is 42.7 Å². The summed E-state index contributed by atoms with van der Waals surface area (Å²) in [4.78, 5) is 35.6. The lowest BCUT2D eigenvalue weighted by Crippen LogP contribution is -2.27. The number of hydrogen-bond acceptors (Lipinski definition) is 5. The largest absolute Gasteiger partial charge is 0.496 e. The number of aromatic carboxylic acids is 1. The molecule has 0 atom stereocenters. The van der Waals surface area contributed by atoms with Crippen LogP contribution in [0.15, 0.2) is 66.7 Å². The number of carbonyl (C=O) groups is 3. The Bertz CT molecular complexity index is 1210. The lowest BCUT2D eigenvalue weighted by Gasteiger charge is -2.14. The molecule has 3 aromatic carbocycles. The number of rotatable bonds is 9. The number of fused-ring (bicyclic) bond motifs is 3. The molecule has 0 heterocycles. The number of amides is 2. The maximum atomic E-state index is 12.2. The summed E-state index contributed by atoms with van der Waals surface area (Å²) in [6, 6.07) is 20.6. The Hall–Kier alpha value is -4.33. The van der Waals surface area contributed by atoms with Crippen LogP contribution in [0.4, 0.5) is 10.5 Å². The average Bonchev–Trinajstić information content (AvgIpc) is 3.19. The average molecular weight is 475 g/mol. The molecule has 0 radical (unpaired) electrons. The quantitative estimate of drug-likeness (QED) is 0.389. The summed E-state index contributed by atoms with van der Waals surface area (Å²) in [6.07, 6.45) is 0.0637. The molecule has 3 aromatic rings. The number of nitrogens with one attached hydrogen (secondary N) is 2. The summed E-state index contributed by atoms with van der Waals surface area (Å²) >= 11 is 0. The van der Waals surface area contributed by atoms with Crippen LogP contribution in [0.1, 0.15) is 40.2 Å². The molecular weight excluding hydrogens is 448 g/mol. The van der Waals surface area contributed by atoms with Crippen LogP contribution in [0.25, 0.3) is 11.1 Å². The normalized spacial score (nSPS) is 11.8. The van der Waals surface area contributed by atoms with Gasteiger partial charge in [0.1, 0.15) is 17.9 Å². The number of methoxy groups -OCH3 is 1. The van der Waals surface area contributed by atoms with Crippen molar-refractivity contribution in [1.29, 1.82) is 0 Å². The third-order valence-electron chi connectivity index (χ3n) is 5.91. The fraction of sp³-hybridized carbons (Fsp3) is 0.222. The maximum absolute atomic E-state index is 12.2. The highest BCUT2D eigenvalue weighted by atomic mass is 16.5. The Kier molecular flexibility index (Phi) is 7.30. The van der Waals surface area contributed by atoms with Gasteiger partial charge in [0.2, 0.25) is 5.91 Å². The molecule has 0 saturated carbocycles. The van der Waals surface area contributed by atoms with E-state index in [1.165, 1.54) is 36.4 Å². The van der Waals surface area contributed by atoms with E-state index in [0.29, 0.717) is 12.1 Å². The van der Waals surface area contributed by atoms with Gasteiger partial charge in [-0.2, -0.15) is 0 Å². The van der Waals surface area contributed by atoms with Crippen LogP contribution < -0.4 is 15.4 Å². The molecule has 4 rings (SSSR count). The maximum Gasteiger partial charge on any atom is 0.407 e. The van der Waals surface area contributed by atoms with E-state index in [1.54, 1.807) is 0 Å². The zero-order valence-electron chi connectivity index (χ0n) is 19.2. The van der Waals surface area contributed by atoms with Crippen LogP contribution in [0.3, 0.4) is 0 Å². The number of carbonyl (C=O) groups excluding carboxylic acids is 2. The Morgan fingerprint density at radius 2 is 1.60 bits per heavy atom. The first kappa shape index (κ1) is 23.8. The van der Waals surface area contributed by atoms with E-state index in [9.17, 15) is 14.4 Å². The molecule has 8 heteroatoms. The van der Waals surface area contributed by atoms with Gasteiger partial charge in [-0.15, -0.1) is 0 Å². The Balaban J connectivity index is 1.21. The van der Waals surface area contributed by atoms with Crippen LogP contribution in [-0.2, 0) is 9.53 Å². The Morgan fingerprint density at radius 1 is 0.943 bits per heavy atom. The zero-order valence-corrected chi connectivity index (χ0v) is 19.2. The second-order valence-corrected chi connectivity index (χ2v) is 8.12. The predicted molar refractivity (Wildman–Crippen MR) is 131 cm³/mol. The van der Waals surface area contributed by atoms with Gasteiger partial charge in [0.25, 0.3) is 0 Å². The monoisotopic (exact) mass is 474 g/mol. The van der Waals surface area contributed by atoms with E-state index in [2.05, 4.69) is 34.9 Å². The van der Waals surface area contributed by atoms with Crippen molar-refractivity contribution in [1.82, 2.24) is 5.32 Å². The summed E-state index contributed by atoms with van der Waals surface area (Å²) in [6.45, 7) is 0.514. The third-order valence-corrected chi connectivity index (χ3v) is 5.91. The highest BCUT2D eigenvalue weighted by Gasteiger charge is 2.28. The molecule has 0 spiro atoms. The molecule has 0 bridgehead atoms. The van der Waals surface area contributed by atoms with Crippen molar-refractivity contribution in [2.45, 2.75) is 18.8 Å². The first-order valence-electron chi connectivity index (χ1n) is 11.3. The molecule has 0 aromatic heterocycles. The lowest BCUT2D eigenvalue weighted by molar-refractivity contribution is -0.116. The number of ether oxygens (including phenoxy) is 2. The minimum Gasteiger partial charge on any atom is -0.496 e. The Labute approximate surface area is 202 Å². The first-order chi connectivity index (χ1) is 17.0. The van der Waals surface area contributed by atoms with Gasteiger partial charge in [0.05, 0.1) is 7.11 Å². The molecular formula is C27H26N2O6. The second kappa shape index (κ2) is 10.7. The summed E-state index contributed by atoms with van der Waals surface area (Å²) in [5.74, 6) is -1.22. The molecule has 1 aliphatic carbocycles. The van der Waals surface area contributed by atoms with Gasteiger partial charge in [0.15, 0.2) is 0 Å². The number of carboxylic acid groups (broad SMARTS) is 1. The third kappa shape index (κ3) is 5.43. The van der Waals surface area contributed by atoms with E-state index >= 15 is 0 Å². The van der Waals surface area contributed by atoms with Crippen molar-refractivity contribution in [2.75, 3.05) is 25.6 Å². The SMILES string of the molecule is COc1cc(NC(=O)CCCNC(=O)OCC2c3ccccc3-c3ccccc32)ccc1C(=O)O.